The van der Waals surface area contributed by atoms with Gasteiger partial charge in [-0.2, -0.15) is 0 Å². The second-order valence-electron chi connectivity index (χ2n) is 3.45. The summed E-state index contributed by atoms with van der Waals surface area (Å²) in [5.74, 6) is 0. The van der Waals surface area contributed by atoms with Crippen molar-refractivity contribution in [3.63, 3.8) is 0 Å². The van der Waals surface area contributed by atoms with Crippen molar-refractivity contribution in [1.82, 2.24) is 0 Å². The van der Waals surface area contributed by atoms with Crippen molar-refractivity contribution < 1.29 is 39.3 Å². The van der Waals surface area contributed by atoms with E-state index in [1.54, 1.807) is 6.08 Å². The van der Waals surface area contributed by atoms with Gasteiger partial charge in [0.1, 0.15) is 0 Å². The summed E-state index contributed by atoms with van der Waals surface area (Å²) >= 11 is -1.16. The average Bonchev–Trinajstić information content (AvgIpc) is 2.73. The van der Waals surface area contributed by atoms with Gasteiger partial charge in [-0.25, -0.2) is 0 Å². The topological polar surface area (TPSA) is 0 Å². The molecule has 82 valence electrons. The number of hydrogen-bond acceptors (Lipinski definition) is 0. The average molecular weight is 291 g/mol. The van der Waals surface area contributed by atoms with Gasteiger partial charge in [-0.3, -0.25) is 0 Å². The molecule has 0 saturated heterocycles. The van der Waals surface area contributed by atoms with Crippen molar-refractivity contribution in [3.8, 4) is 0 Å². The summed E-state index contributed by atoms with van der Waals surface area (Å²) in [6.07, 6.45) is 6.00. The summed E-state index contributed by atoms with van der Waals surface area (Å²) in [4.78, 5) is 0. The Bertz CT molecular complexity index is 392. The summed E-state index contributed by atoms with van der Waals surface area (Å²) in [5.41, 5.74) is -0.373. The van der Waals surface area contributed by atoms with Crippen molar-refractivity contribution >= 4 is 0 Å². The maximum absolute atomic E-state index is 12.6. The van der Waals surface area contributed by atoms with Gasteiger partial charge in [-0.15, -0.1) is 0 Å². The Morgan fingerprint density at radius 3 is 2.60 bits per heavy atom. The van der Waals surface area contributed by atoms with E-state index >= 15 is 0 Å². The fourth-order valence-electron chi connectivity index (χ4n) is 1.62. The summed E-state index contributed by atoms with van der Waals surface area (Å²) in [6.45, 7) is 0. The molecule has 2 aliphatic rings. The van der Waals surface area contributed by atoms with E-state index in [1.165, 1.54) is 9.36 Å². The van der Waals surface area contributed by atoms with E-state index in [2.05, 4.69) is 0 Å². The van der Waals surface area contributed by atoms with Gasteiger partial charge in [0.05, 0.1) is 0 Å². The number of rotatable bonds is 2. The molecule has 2 rings (SSSR count). The van der Waals surface area contributed by atoms with E-state index < -0.39 is 29.4 Å². The second-order valence-corrected chi connectivity index (χ2v) is 7.12. The Kier molecular flexibility index (Phi) is 3.15. The monoisotopic (exact) mass is 290 g/mol. The molecule has 0 nitrogen and oxygen atoms in total. The van der Waals surface area contributed by atoms with E-state index in [-0.39, 0.29) is 8.43 Å². The van der Waals surface area contributed by atoms with Gasteiger partial charge in [0.2, 0.25) is 0 Å². The van der Waals surface area contributed by atoms with Crippen molar-refractivity contribution in [2.75, 3.05) is 0 Å². The maximum atomic E-state index is 12.6. The zero-order chi connectivity index (χ0) is 10.9. The first-order valence-electron chi connectivity index (χ1n) is 4.67. The summed E-state index contributed by atoms with van der Waals surface area (Å²) in [7, 11) is 0. The van der Waals surface area contributed by atoms with Gasteiger partial charge in [-0.1, -0.05) is 0 Å². The zero-order valence-corrected chi connectivity index (χ0v) is 10.4. The fraction of sp³-hybridized carbons (Fsp3) is 0.273. The molecule has 4 heteroatoms. The van der Waals surface area contributed by atoms with Crippen LogP contribution in [0.1, 0.15) is 15.7 Å². The first-order valence-corrected chi connectivity index (χ1v) is 7.13. The van der Waals surface area contributed by atoms with Crippen LogP contribution in [0.4, 0.5) is 13.2 Å². The van der Waals surface area contributed by atoms with Gasteiger partial charge < -0.3 is 2.85 Å². The van der Waals surface area contributed by atoms with Gasteiger partial charge in [-0.05, 0) is 0 Å². The first kappa shape index (κ1) is 11.1. The molecule has 0 saturated carbocycles. The van der Waals surface area contributed by atoms with Crippen molar-refractivity contribution in [2.45, 2.75) is 19.0 Å². The maximum Gasteiger partial charge on any atom is -1.00 e. The Morgan fingerprint density at radius 2 is 2.00 bits per heavy atom. The quantitative estimate of drug-likeness (QED) is 0.723. The number of alkyl halides is 3. The predicted molar refractivity (Wildman–Crippen MR) is 50.9 cm³/mol. The number of halogens is 3. The van der Waals surface area contributed by atoms with Gasteiger partial charge in [0.15, 0.2) is 0 Å². The van der Waals surface area contributed by atoms with E-state index in [4.69, 9.17) is 0 Å². The van der Waals surface area contributed by atoms with E-state index in [9.17, 15) is 13.2 Å². The zero-order valence-electron chi connectivity index (χ0n) is 9.93. The van der Waals surface area contributed by atoms with E-state index in [0.717, 1.165) is 6.42 Å². The van der Waals surface area contributed by atoms with Crippen LogP contribution in [0.5, 0.6) is 0 Å². The molecule has 0 fully saturated rings. The first-order chi connectivity index (χ1) is 7.07. The van der Waals surface area contributed by atoms with Gasteiger partial charge >= 0.3 is 97.9 Å². The SMILES string of the molecule is FC(F)(F)C1=[C]([Zr][C]2=CC=CC2)CC=C1.[H-].[H-]. The summed E-state index contributed by atoms with van der Waals surface area (Å²) in [5, 5.41) is 0. The minimum Gasteiger partial charge on any atom is -1.00 e. The molecule has 0 aromatic heterocycles. The normalized spacial score (nSPS) is 20.1. The van der Waals surface area contributed by atoms with Crippen molar-refractivity contribution in [2.24, 2.45) is 0 Å². The fourth-order valence-corrected chi connectivity index (χ4v) is 4.98. The molecule has 0 aliphatic heterocycles. The summed E-state index contributed by atoms with van der Waals surface area (Å²) in [6, 6.07) is 0. The van der Waals surface area contributed by atoms with Gasteiger partial charge in [0.25, 0.3) is 0 Å². The van der Waals surface area contributed by atoms with Crippen molar-refractivity contribution in [3.05, 3.63) is 42.5 Å². The molecular formula is C11H11F3Zr-2. The van der Waals surface area contributed by atoms with Crippen molar-refractivity contribution in [1.29, 1.82) is 0 Å². The molecule has 0 atom stereocenters. The molecule has 15 heavy (non-hydrogen) atoms. The molecule has 0 unspecified atom stereocenters. The molecule has 0 aromatic carbocycles. The van der Waals surface area contributed by atoms with E-state index in [1.807, 2.05) is 18.2 Å². The third-order valence-corrected chi connectivity index (χ3v) is 5.93. The minimum absolute atomic E-state index is 0. The minimum atomic E-state index is -4.16. The van der Waals surface area contributed by atoms with Crippen LogP contribution in [0, 0.1) is 0 Å². The molecular weight excluding hydrogens is 280 g/mol. The predicted octanol–water partition coefficient (Wildman–Crippen LogP) is 3.91. The standard InChI is InChI=1S/C6H4F3.C5H5.Zr.2H/c7-6(8,9)5-3-1-2-4-5;1-2-4-5-3-1;;;/h1,3H,2H2;1-3H,4H2;;;/q;;;2*-1. The van der Waals surface area contributed by atoms with Crippen LogP contribution in [0.3, 0.4) is 0 Å². The van der Waals surface area contributed by atoms with Crippen LogP contribution >= 0.6 is 0 Å². The Morgan fingerprint density at radius 1 is 1.20 bits per heavy atom. The Hall–Kier alpha value is -0.367. The Balaban J connectivity index is 0.00000128. The van der Waals surface area contributed by atoms with Crippen LogP contribution < -0.4 is 0 Å². The largest absolute Gasteiger partial charge is 1.00 e. The third kappa shape index (κ3) is 2.60. The summed E-state index contributed by atoms with van der Waals surface area (Å²) < 4.78 is 39.6. The molecule has 0 heterocycles. The van der Waals surface area contributed by atoms with Gasteiger partial charge in [0, 0.05) is 0 Å². The Labute approximate surface area is 101 Å². The van der Waals surface area contributed by atoms with Crippen LogP contribution in [-0.2, 0) is 23.2 Å². The number of hydrogen-bond donors (Lipinski definition) is 0. The molecule has 0 amide bonds. The van der Waals surface area contributed by atoms with Crippen LogP contribution in [0.25, 0.3) is 0 Å². The van der Waals surface area contributed by atoms with Crippen LogP contribution in [0.15, 0.2) is 42.5 Å². The molecule has 0 radical (unpaired) electrons. The van der Waals surface area contributed by atoms with Crippen LogP contribution in [-0.4, -0.2) is 6.18 Å². The molecule has 0 aromatic rings. The second kappa shape index (κ2) is 4.25. The third-order valence-electron chi connectivity index (χ3n) is 2.32. The van der Waals surface area contributed by atoms with E-state index in [0.29, 0.717) is 9.70 Å². The molecule has 2 aliphatic carbocycles. The molecule has 0 N–H and O–H groups in total. The molecule has 0 spiro atoms. The smallest absolute Gasteiger partial charge is 1.00 e. The number of allylic oxidation sites excluding steroid dienone is 8. The van der Waals surface area contributed by atoms with Crippen LogP contribution in [0.2, 0.25) is 0 Å². The molecule has 0 bridgehead atoms.